The number of nitrogens with zero attached hydrogens (tertiary/aromatic N) is 1. The van der Waals surface area contributed by atoms with Gasteiger partial charge in [0.25, 0.3) is 0 Å². The van der Waals surface area contributed by atoms with Crippen molar-refractivity contribution in [2.24, 2.45) is 0 Å². The van der Waals surface area contributed by atoms with Crippen LogP contribution in [-0.2, 0) is 4.79 Å². The molecule has 4 nitrogen and oxygen atoms in total. The quantitative estimate of drug-likeness (QED) is 0.843. The Morgan fingerprint density at radius 2 is 2.21 bits per heavy atom. The van der Waals surface area contributed by atoms with Crippen molar-refractivity contribution in [1.29, 1.82) is 0 Å². The van der Waals surface area contributed by atoms with Crippen LogP contribution in [0.3, 0.4) is 0 Å². The van der Waals surface area contributed by atoms with Crippen LogP contribution in [0.4, 0.5) is 0 Å². The lowest BCUT2D eigenvalue weighted by Gasteiger charge is -2.36. The number of rotatable bonds is 4. The minimum Gasteiger partial charge on any atom is -0.358 e. The molecule has 104 valence electrons. The normalized spacial score (nSPS) is 21.9. The van der Waals surface area contributed by atoms with Gasteiger partial charge in [0, 0.05) is 33.2 Å². The molecule has 0 radical (unpaired) electrons. The molecular formula is C15H23N3O. The van der Waals surface area contributed by atoms with Gasteiger partial charge < -0.3 is 10.6 Å². The summed E-state index contributed by atoms with van der Waals surface area (Å²) >= 11 is 0. The molecule has 0 aliphatic carbocycles. The first-order valence-corrected chi connectivity index (χ1v) is 6.93. The van der Waals surface area contributed by atoms with Gasteiger partial charge in [-0.25, -0.2) is 0 Å². The standard InChI is InChI=1S/C15H23N3O/c1-12(13-6-4-3-5-7-13)11-18-9-8-17-10-14(18)15(19)16-2/h3-7,12,14,17H,8-11H2,1-2H3,(H,16,19). The second kappa shape index (κ2) is 6.68. The van der Waals surface area contributed by atoms with Gasteiger partial charge in [-0.3, -0.25) is 9.69 Å². The Morgan fingerprint density at radius 3 is 2.89 bits per heavy atom. The van der Waals surface area contributed by atoms with Gasteiger partial charge in [0.05, 0.1) is 0 Å². The molecule has 1 aromatic rings. The summed E-state index contributed by atoms with van der Waals surface area (Å²) in [6.45, 7) is 5.76. The number of carbonyl (C=O) groups is 1. The van der Waals surface area contributed by atoms with Crippen LogP contribution in [0.2, 0.25) is 0 Å². The highest BCUT2D eigenvalue weighted by Crippen LogP contribution is 2.18. The molecule has 2 N–H and O–H groups in total. The number of carbonyl (C=O) groups excluding carboxylic acids is 1. The average molecular weight is 261 g/mol. The summed E-state index contributed by atoms with van der Waals surface area (Å²) in [6, 6.07) is 10.4. The average Bonchev–Trinajstić information content (AvgIpc) is 2.48. The number of nitrogens with one attached hydrogen (secondary N) is 2. The molecule has 1 aromatic carbocycles. The SMILES string of the molecule is CNC(=O)C1CNCCN1CC(C)c1ccccc1. The van der Waals surface area contributed by atoms with Crippen molar-refractivity contribution in [2.75, 3.05) is 33.2 Å². The van der Waals surface area contributed by atoms with Crippen LogP contribution in [0.15, 0.2) is 30.3 Å². The van der Waals surface area contributed by atoms with Crippen LogP contribution < -0.4 is 10.6 Å². The fraction of sp³-hybridized carbons (Fsp3) is 0.533. The van der Waals surface area contributed by atoms with Gasteiger partial charge in [0.2, 0.25) is 5.91 Å². The van der Waals surface area contributed by atoms with Gasteiger partial charge in [-0.05, 0) is 11.5 Å². The molecule has 2 atom stereocenters. The Morgan fingerprint density at radius 1 is 1.47 bits per heavy atom. The fourth-order valence-corrected chi connectivity index (χ4v) is 2.63. The first kappa shape index (κ1) is 14.0. The predicted molar refractivity (Wildman–Crippen MR) is 77.2 cm³/mol. The highest BCUT2D eigenvalue weighted by molar-refractivity contribution is 5.81. The molecule has 1 fully saturated rings. The number of amides is 1. The Kier molecular flexibility index (Phi) is 4.93. The molecule has 1 saturated heterocycles. The fourth-order valence-electron chi connectivity index (χ4n) is 2.63. The molecule has 1 heterocycles. The largest absolute Gasteiger partial charge is 0.358 e. The molecule has 2 rings (SSSR count). The molecule has 4 heteroatoms. The van der Waals surface area contributed by atoms with Gasteiger partial charge in [-0.1, -0.05) is 37.3 Å². The summed E-state index contributed by atoms with van der Waals surface area (Å²) in [5.74, 6) is 0.541. The smallest absolute Gasteiger partial charge is 0.238 e. The van der Waals surface area contributed by atoms with E-state index >= 15 is 0 Å². The van der Waals surface area contributed by atoms with Gasteiger partial charge in [-0.2, -0.15) is 0 Å². The van der Waals surface area contributed by atoms with E-state index in [1.54, 1.807) is 7.05 Å². The molecule has 2 unspecified atom stereocenters. The number of hydrogen-bond donors (Lipinski definition) is 2. The summed E-state index contributed by atoms with van der Waals surface area (Å²) in [4.78, 5) is 14.2. The Labute approximate surface area is 115 Å². The number of hydrogen-bond acceptors (Lipinski definition) is 3. The van der Waals surface area contributed by atoms with Crippen molar-refractivity contribution in [3.05, 3.63) is 35.9 Å². The first-order chi connectivity index (χ1) is 9.22. The van der Waals surface area contributed by atoms with E-state index in [1.807, 2.05) is 6.07 Å². The maximum absolute atomic E-state index is 11.9. The maximum atomic E-state index is 11.9. The monoisotopic (exact) mass is 261 g/mol. The summed E-state index contributed by atoms with van der Waals surface area (Å²) < 4.78 is 0. The third-order valence-corrected chi connectivity index (χ3v) is 3.78. The Bertz CT molecular complexity index is 407. The molecular weight excluding hydrogens is 238 g/mol. The van der Waals surface area contributed by atoms with Crippen LogP contribution in [0.5, 0.6) is 0 Å². The second-order valence-corrected chi connectivity index (χ2v) is 5.14. The number of likely N-dealkylation sites (N-methyl/N-ethyl adjacent to an activating group) is 1. The van der Waals surface area contributed by atoms with Crippen molar-refractivity contribution < 1.29 is 4.79 Å². The van der Waals surface area contributed by atoms with E-state index in [-0.39, 0.29) is 11.9 Å². The van der Waals surface area contributed by atoms with E-state index < -0.39 is 0 Å². The summed E-state index contributed by atoms with van der Waals surface area (Å²) in [6.07, 6.45) is 0. The third-order valence-electron chi connectivity index (χ3n) is 3.78. The second-order valence-electron chi connectivity index (χ2n) is 5.14. The Hall–Kier alpha value is -1.39. The summed E-state index contributed by atoms with van der Waals surface area (Å²) in [5, 5.41) is 6.05. The van der Waals surface area contributed by atoms with E-state index in [0.29, 0.717) is 5.92 Å². The molecule has 0 bridgehead atoms. The lowest BCUT2D eigenvalue weighted by Crippen LogP contribution is -2.58. The topological polar surface area (TPSA) is 44.4 Å². The highest BCUT2D eigenvalue weighted by atomic mass is 16.2. The van der Waals surface area contributed by atoms with Gasteiger partial charge in [0.1, 0.15) is 6.04 Å². The van der Waals surface area contributed by atoms with E-state index in [9.17, 15) is 4.79 Å². The maximum Gasteiger partial charge on any atom is 0.238 e. The van der Waals surface area contributed by atoms with Crippen LogP contribution in [0.1, 0.15) is 18.4 Å². The molecule has 0 aromatic heterocycles. The molecule has 1 aliphatic heterocycles. The summed E-state index contributed by atoms with van der Waals surface area (Å²) in [7, 11) is 1.70. The van der Waals surface area contributed by atoms with Crippen molar-refractivity contribution in [3.63, 3.8) is 0 Å². The zero-order chi connectivity index (χ0) is 13.7. The van der Waals surface area contributed by atoms with E-state index in [1.165, 1.54) is 5.56 Å². The first-order valence-electron chi connectivity index (χ1n) is 6.93. The van der Waals surface area contributed by atoms with Gasteiger partial charge in [-0.15, -0.1) is 0 Å². The predicted octanol–water partition coefficient (Wildman–Crippen LogP) is 0.810. The molecule has 19 heavy (non-hydrogen) atoms. The highest BCUT2D eigenvalue weighted by Gasteiger charge is 2.28. The molecule has 1 amide bonds. The van der Waals surface area contributed by atoms with Crippen LogP contribution >= 0.6 is 0 Å². The van der Waals surface area contributed by atoms with E-state index in [2.05, 4.69) is 46.7 Å². The molecule has 0 saturated carbocycles. The van der Waals surface area contributed by atoms with Crippen molar-refractivity contribution in [1.82, 2.24) is 15.5 Å². The van der Waals surface area contributed by atoms with Crippen molar-refractivity contribution in [2.45, 2.75) is 18.9 Å². The molecule has 1 aliphatic rings. The third kappa shape index (κ3) is 3.55. The van der Waals surface area contributed by atoms with Gasteiger partial charge in [0.15, 0.2) is 0 Å². The van der Waals surface area contributed by atoms with E-state index in [4.69, 9.17) is 0 Å². The number of piperazine rings is 1. The zero-order valence-corrected chi connectivity index (χ0v) is 11.7. The van der Waals surface area contributed by atoms with Crippen LogP contribution in [0, 0.1) is 0 Å². The van der Waals surface area contributed by atoms with Crippen molar-refractivity contribution >= 4 is 5.91 Å². The lowest BCUT2D eigenvalue weighted by atomic mass is 9.99. The van der Waals surface area contributed by atoms with E-state index in [0.717, 1.165) is 26.2 Å². The van der Waals surface area contributed by atoms with Crippen LogP contribution in [0.25, 0.3) is 0 Å². The Balaban J connectivity index is 2.01. The lowest BCUT2D eigenvalue weighted by molar-refractivity contribution is -0.126. The minimum absolute atomic E-state index is 0.0510. The number of benzene rings is 1. The zero-order valence-electron chi connectivity index (χ0n) is 11.7. The summed E-state index contributed by atoms with van der Waals surface area (Å²) in [5.41, 5.74) is 1.33. The van der Waals surface area contributed by atoms with Crippen LogP contribution in [-0.4, -0.2) is 50.1 Å². The van der Waals surface area contributed by atoms with Crippen molar-refractivity contribution in [3.8, 4) is 0 Å². The molecule has 0 spiro atoms. The minimum atomic E-state index is -0.0510. The van der Waals surface area contributed by atoms with Gasteiger partial charge >= 0.3 is 0 Å².